The number of amides is 1. The number of aromatic nitrogens is 4. The van der Waals surface area contributed by atoms with Crippen LogP contribution in [0.2, 0.25) is 0 Å². The molecule has 0 bridgehead atoms. The molecule has 0 aliphatic heterocycles. The fraction of sp³-hybridized carbons (Fsp3) is 0.100. The molecule has 0 aliphatic rings. The van der Waals surface area contributed by atoms with Gasteiger partial charge in [0.2, 0.25) is 0 Å². The van der Waals surface area contributed by atoms with Crippen molar-refractivity contribution in [1.82, 2.24) is 25.1 Å². The van der Waals surface area contributed by atoms with Gasteiger partial charge in [0.15, 0.2) is 5.76 Å². The summed E-state index contributed by atoms with van der Waals surface area (Å²) >= 11 is 0. The highest BCUT2D eigenvalue weighted by atomic mass is 16.3. The van der Waals surface area contributed by atoms with Gasteiger partial charge in [-0.25, -0.2) is 4.98 Å². The van der Waals surface area contributed by atoms with Gasteiger partial charge in [0.1, 0.15) is 11.4 Å². The topological polar surface area (TPSA) is 85.8 Å². The van der Waals surface area contributed by atoms with Crippen molar-refractivity contribution in [2.45, 2.75) is 6.54 Å². The van der Waals surface area contributed by atoms with Gasteiger partial charge in [-0.2, -0.15) is 5.10 Å². The summed E-state index contributed by atoms with van der Waals surface area (Å²) in [4.78, 5) is 21.3. The lowest BCUT2D eigenvalue weighted by Crippen LogP contribution is -2.26. The Kier molecular flexibility index (Phi) is 4.49. The number of benzene rings is 1. The molecule has 1 aromatic carbocycles. The first-order valence-electron chi connectivity index (χ1n) is 8.44. The average Bonchev–Trinajstić information content (AvgIpc) is 3.37. The van der Waals surface area contributed by atoms with E-state index in [-0.39, 0.29) is 12.5 Å². The smallest absolute Gasteiger partial charge is 0.269 e. The molecule has 134 valence electrons. The maximum absolute atomic E-state index is 12.6. The van der Waals surface area contributed by atoms with E-state index in [0.717, 1.165) is 11.3 Å². The zero-order valence-electron chi connectivity index (χ0n) is 14.7. The predicted octanol–water partition coefficient (Wildman–Crippen LogP) is 3.07. The summed E-state index contributed by atoms with van der Waals surface area (Å²) in [6.07, 6.45) is 4.76. The van der Waals surface area contributed by atoms with Crippen LogP contribution in [0.1, 0.15) is 16.2 Å². The molecule has 0 fully saturated rings. The molecule has 7 heteroatoms. The third kappa shape index (κ3) is 3.48. The van der Waals surface area contributed by atoms with Crippen LogP contribution in [-0.4, -0.2) is 25.7 Å². The molecule has 3 heterocycles. The van der Waals surface area contributed by atoms with Crippen molar-refractivity contribution >= 4 is 5.91 Å². The highest BCUT2D eigenvalue weighted by Crippen LogP contribution is 2.21. The summed E-state index contributed by atoms with van der Waals surface area (Å²) in [6, 6.07) is 15.1. The third-order valence-corrected chi connectivity index (χ3v) is 4.13. The molecule has 27 heavy (non-hydrogen) atoms. The van der Waals surface area contributed by atoms with E-state index >= 15 is 0 Å². The van der Waals surface area contributed by atoms with Crippen LogP contribution in [0.5, 0.6) is 0 Å². The maximum atomic E-state index is 12.6. The van der Waals surface area contributed by atoms with Crippen molar-refractivity contribution in [3.8, 4) is 22.7 Å². The maximum Gasteiger partial charge on any atom is 0.269 e. The third-order valence-electron chi connectivity index (χ3n) is 4.13. The van der Waals surface area contributed by atoms with Crippen LogP contribution >= 0.6 is 0 Å². The van der Waals surface area contributed by atoms with Crippen LogP contribution in [-0.2, 0) is 13.6 Å². The second-order valence-corrected chi connectivity index (χ2v) is 5.92. The van der Waals surface area contributed by atoms with Crippen molar-refractivity contribution in [2.75, 3.05) is 0 Å². The minimum absolute atomic E-state index is 0.231. The molecule has 0 aliphatic carbocycles. The fourth-order valence-electron chi connectivity index (χ4n) is 2.80. The van der Waals surface area contributed by atoms with Crippen LogP contribution < -0.4 is 5.32 Å². The summed E-state index contributed by atoms with van der Waals surface area (Å²) in [5.74, 6) is 0.377. The number of furan rings is 1. The van der Waals surface area contributed by atoms with Gasteiger partial charge in [0, 0.05) is 25.0 Å². The molecule has 0 saturated heterocycles. The molecular weight excluding hydrogens is 342 g/mol. The van der Waals surface area contributed by atoms with Crippen LogP contribution in [0, 0.1) is 0 Å². The van der Waals surface area contributed by atoms with Gasteiger partial charge in [-0.3, -0.25) is 14.5 Å². The Bertz CT molecular complexity index is 1060. The largest absolute Gasteiger partial charge is 0.463 e. The van der Waals surface area contributed by atoms with Gasteiger partial charge in [-0.05, 0) is 18.2 Å². The first kappa shape index (κ1) is 16.7. The predicted molar refractivity (Wildman–Crippen MR) is 99.5 cm³/mol. The average molecular weight is 359 g/mol. The summed E-state index contributed by atoms with van der Waals surface area (Å²) in [5, 5.41) is 7.31. The van der Waals surface area contributed by atoms with Crippen molar-refractivity contribution in [3.05, 3.63) is 78.6 Å². The Hall–Kier alpha value is -3.74. The van der Waals surface area contributed by atoms with Gasteiger partial charge in [0.25, 0.3) is 5.91 Å². The zero-order chi connectivity index (χ0) is 18.6. The quantitative estimate of drug-likeness (QED) is 0.592. The summed E-state index contributed by atoms with van der Waals surface area (Å²) in [6.45, 7) is 0.231. The zero-order valence-corrected chi connectivity index (χ0v) is 14.7. The van der Waals surface area contributed by atoms with Crippen molar-refractivity contribution < 1.29 is 9.21 Å². The van der Waals surface area contributed by atoms with Crippen molar-refractivity contribution in [2.24, 2.45) is 7.05 Å². The number of hydrogen-bond donors (Lipinski definition) is 1. The number of carbonyl (C=O) groups excluding carboxylic acids is 1. The molecule has 4 aromatic rings. The minimum Gasteiger partial charge on any atom is -0.463 e. The van der Waals surface area contributed by atoms with E-state index in [1.165, 1.54) is 0 Å². The SMILES string of the molecule is Cn1nc(-c2ccccc2)cc1C(=O)NCc1nccnc1-c1ccco1. The van der Waals surface area contributed by atoms with Crippen LogP contribution in [0.3, 0.4) is 0 Å². The van der Waals surface area contributed by atoms with Crippen molar-refractivity contribution in [1.29, 1.82) is 0 Å². The Morgan fingerprint density at radius 1 is 1.11 bits per heavy atom. The number of aryl methyl sites for hydroxylation is 1. The Morgan fingerprint density at radius 3 is 2.70 bits per heavy atom. The molecule has 0 spiro atoms. The minimum atomic E-state index is -0.233. The normalized spacial score (nSPS) is 10.7. The molecule has 7 nitrogen and oxygen atoms in total. The molecule has 4 rings (SSSR count). The molecule has 0 atom stereocenters. The van der Waals surface area contributed by atoms with E-state index < -0.39 is 0 Å². The van der Waals surface area contributed by atoms with Crippen molar-refractivity contribution in [3.63, 3.8) is 0 Å². The molecule has 1 amide bonds. The van der Waals surface area contributed by atoms with Gasteiger partial charge < -0.3 is 9.73 Å². The highest BCUT2D eigenvalue weighted by Gasteiger charge is 2.16. The first-order valence-corrected chi connectivity index (χ1v) is 8.44. The lowest BCUT2D eigenvalue weighted by Gasteiger charge is -2.07. The lowest BCUT2D eigenvalue weighted by molar-refractivity contribution is 0.0941. The lowest BCUT2D eigenvalue weighted by atomic mass is 10.1. The Labute approximate surface area is 155 Å². The first-order chi connectivity index (χ1) is 13.2. The molecule has 0 saturated carbocycles. The van der Waals surface area contributed by atoms with E-state index in [0.29, 0.717) is 22.8 Å². The molecule has 3 aromatic heterocycles. The van der Waals surface area contributed by atoms with E-state index in [1.807, 2.05) is 36.4 Å². The van der Waals surface area contributed by atoms with Gasteiger partial charge in [-0.15, -0.1) is 0 Å². The number of nitrogens with one attached hydrogen (secondary N) is 1. The number of rotatable bonds is 5. The monoisotopic (exact) mass is 359 g/mol. The molecule has 1 N–H and O–H groups in total. The van der Waals surface area contributed by atoms with Crippen LogP contribution in [0.15, 0.2) is 71.6 Å². The second kappa shape index (κ2) is 7.25. The van der Waals surface area contributed by atoms with Crippen LogP contribution in [0.25, 0.3) is 22.7 Å². The number of carbonyl (C=O) groups is 1. The number of hydrogen-bond acceptors (Lipinski definition) is 5. The highest BCUT2D eigenvalue weighted by molar-refractivity contribution is 5.93. The summed E-state index contributed by atoms with van der Waals surface area (Å²) in [7, 11) is 1.75. The molecule has 0 radical (unpaired) electrons. The van der Waals surface area contributed by atoms with E-state index in [9.17, 15) is 4.79 Å². The molecular formula is C20H17N5O2. The molecule has 0 unspecified atom stereocenters. The van der Waals surface area contributed by atoms with E-state index in [4.69, 9.17) is 4.42 Å². The Morgan fingerprint density at radius 2 is 1.93 bits per heavy atom. The van der Waals surface area contributed by atoms with Crippen LogP contribution in [0.4, 0.5) is 0 Å². The summed E-state index contributed by atoms with van der Waals surface area (Å²) < 4.78 is 6.96. The Balaban J connectivity index is 1.52. The second-order valence-electron chi connectivity index (χ2n) is 5.92. The van der Waals surface area contributed by atoms with E-state index in [1.54, 1.807) is 42.5 Å². The van der Waals surface area contributed by atoms with E-state index in [2.05, 4.69) is 20.4 Å². The van der Waals surface area contributed by atoms with Gasteiger partial charge >= 0.3 is 0 Å². The fourth-order valence-corrected chi connectivity index (χ4v) is 2.80. The van der Waals surface area contributed by atoms with Gasteiger partial charge in [0.05, 0.1) is 24.2 Å². The number of nitrogens with zero attached hydrogens (tertiary/aromatic N) is 4. The van der Waals surface area contributed by atoms with Gasteiger partial charge in [-0.1, -0.05) is 30.3 Å². The summed E-state index contributed by atoms with van der Waals surface area (Å²) in [5.41, 5.74) is 3.42. The standard InChI is InChI=1S/C20H17N5O2/c1-25-17(12-15(24-25)14-6-3-2-4-7-14)20(26)23-13-16-19(22-10-9-21-16)18-8-5-11-27-18/h2-12H,13H2,1H3,(H,23,26).